The summed E-state index contributed by atoms with van der Waals surface area (Å²) >= 11 is 6.10. The molecule has 1 aromatic rings. The quantitative estimate of drug-likeness (QED) is 0.147. The Balaban J connectivity index is 0.000000310. The number of rotatable bonds is 12. The number of nitrogens with zero attached hydrogens (tertiary/aromatic N) is 2. The van der Waals surface area contributed by atoms with E-state index in [-0.39, 0.29) is 11.2 Å². The summed E-state index contributed by atoms with van der Waals surface area (Å²) in [6.07, 6.45) is 19.7. The highest BCUT2D eigenvalue weighted by atomic mass is 35.5. The number of hydrogen-bond donors (Lipinski definition) is 0. The van der Waals surface area contributed by atoms with Crippen molar-refractivity contribution in [3.63, 3.8) is 0 Å². The molecule has 0 heterocycles. The Morgan fingerprint density at radius 2 is 1.82 bits per heavy atom. The fourth-order valence-electron chi connectivity index (χ4n) is 4.97. The zero-order valence-corrected chi connectivity index (χ0v) is 25.6. The Morgan fingerprint density at radius 3 is 2.36 bits per heavy atom. The average molecular weight is 555 g/mol. The second-order valence-corrected chi connectivity index (χ2v) is 11.7. The number of ketones is 1. The lowest BCUT2D eigenvalue weighted by Gasteiger charge is -2.30. The standard InChI is InChI=1S/C14H21ClN2.C12H14O2.C8H16/c1-4-8-17(3)9-7-14(2)6-5-12(11-16)13(15)10-14;13-10-6-2-5-9-12(14)11-7-3-1-4-8-11;1-2-8-6-4-3-5-7-8/h5,10H,4,6-9H2,1-3H3;1,3-4,7-8,10H,2,5-6,9H2;8H,2-7H2,1H3. The van der Waals surface area contributed by atoms with Crippen molar-refractivity contribution in [1.29, 1.82) is 5.26 Å². The lowest BCUT2D eigenvalue weighted by atomic mass is 9.79. The van der Waals surface area contributed by atoms with Crippen LogP contribution in [0.4, 0.5) is 0 Å². The first-order valence-corrected chi connectivity index (χ1v) is 15.4. The first-order valence-electron chi connectivity index (χ1n) is 15.0. The molecule has 3 rings (SSSR count). The van der Waals surface area contributed by atoms with E-state index in [2.05, 4.69) is 38.8 Å². The molecule has 1 fully saturated rings. The summed E-state index contributed by atoms with van der Waals surface area (Å²) in [5, 5.41) is 9.48. The minimum atomic E-state index is 0.0967. The first kappa shape index (κ1) is 34.8. The van der Waals surface area contributed by atoms with Gasteiger partial charge in [-0.1, -0.05) is 113 Å². The third-order valence-electron chi connectivity index (χ3n) is 7.67. The summed E-state index contributed by atoms with van der Waals surface area (Å²) in [5.74, 6) is 1.25. The molecule has 0 saturated heterocycles. The van der Waals surface area contributed by atoms with E-state index in [1.54, 1.807) is 0 Å². The maximum Gasteiger partial charge on any atom is 0.162 e. The molecule has 0 aromatic heterocycles. The number of hydrogen-bond acceptors (Lipinski definition) is 4. The molecular formula is C34H51ClN2O2. The van der Waals surface area contributed by atoms with Crippen LogP contribution < -0.4 is 0 Å². The van der Waals surface area contributed by atoms with Gasteiger partial charge in [-0.3, -0.25) is 4.79 Å². The van der Waals surface area contributed by atoms with Gasteiger partial charge in [-0.25, -0.2) is 0 Å². The van der Waals surface area contributed by atoms with Crippen molar-refractivity contribution in [3.8, 4) is 6.07 Å². The van der Waals surface area contributed by atoms with Gasteiger partial charge in [0.15, 0.2) is 5.78 Å². The largest absolute Gasteiger partial charge is 0.306 e. The van der Waals surface area contributed by atoms with Crippen LogP contribution in [0.3, 0.4) is 0 Å². The molecule has 0 amide bonds. The zero-order chi connectivity index (χ0) is 28.9. The van der Waals surface area contributed by atoms with E-state index >= 15 is 0 Å². The summed E-state index contributed by atoms with van der Waals surface area (Å²) < 4.78 is 0. The molecule has 0 bridgehead atoms. The third-order valence-corrected chi connectivity index (χ3v) is 7.98. The van der Waals surface area contributed by atoms with Crippen LogP contribution in [0.5, 0.6) is 0 Å². The second-order valence-electron chi connectivity index (χ2n) is 11.2. The topological polar surface area (TPSA) is 61.2 Å². The van der Waals surface area contributed by atoms with Crippen molar-refractivity contribution in [2.75, 3.05) is 20.1 Å². The van der Waals surface area contributed by atoms with E-state index < -0.39 is 0 Å². The van der Waals surface area contributed by atoms with Crippen LogP contribution in [-0.4, -0.2) is 37.1 Å². The van der Waals surface area contributed by atoms with Gasteiger partial charge in [-0.2, -0.15) is 5.26 Å². The van der Waals surface area contributed by atoms with E-state index in [0.29, 0.717) is 23.4 Å². The third kappa shape index (κ3) is 15.2. The number of carbonyl (C=O) groups is 2. The molecule has 2 aliphatic carbocycles. The molecule has 0 spiro atoms. The van der Waals surface area contributed by atoms with Gasteiger partial charge in [-0.15, -0.1) is 0 Å². The number of halogens is 1. The predicted molar refractivity (Wildman–Crippen MR) is 165 cm³/mol. The molecule has 5 heteroatoms. The predicted octanol–water partition coefficient (Wildman–Crippen LogP) is 9.31. The summed E-state index contributed by atoms with van der Waals surface area (Å²) in [7, 11) is 2.15. The van der Waals surface area contributed by atoms with Crippen molar-refractivity contribution in [2.45, 2.75) is 104 Å². The fraction of sp³-hybridized carbons (Fsp3) is 0.618. The SMILES string of the molecule is CCC1CCCCC1.CCCN(C)CCC1(C)C=C(Cl)C(C#N)=CC1.O=CCCCCC(=O)c1ccccc1. The molecule has 2 aliphatic rings. The first-order chi connectivity index (χ1) is 18.8. The van der Waals surface area contributed by atoms with Gasteiger partial charge in [0.2, 0.25) is 0 Å². The maximum absolute atomic E-state index is 11.5. The van der Waals surface area contributed by atoms with Gasteiger partial charge in [0, 0.05) is 18.4 Å². The van der Waals surface area contributed by atoms with Crippen LogP contribution in [0, 0.1) is 22.7 Å². The van der Waals surface area contributed by atoms with Gasteiger partial charge < -0.3 is 9.69 Å². The lowest BCUT2D eigenvalue weighted by molar-refractivity contribution is -0.107. The van der Waals surface area contributed by atoms with Crippen LogP contribution in [-0.2, 0) is 4.79 Å². The van der Waals surface area contributed by atoms with Gasteiger partial charge in [-0.05, 0) is 63.6 Å². The monoisotopic (exact) mass is 554 g/mol. The van der Waals surface area contributed by atoms with Crippen LogP contribution >= 0.6 is 11.6 Å². The van der Waals surface area contributed by atoms with Crippen molar-refractivity contribution in [2.24, 2.45) is 11.3 Å². The average Bonchev–Trinajstić information content (AvgIpc) is 2.96. The Bertz CT molecular complexity index is 928. The minimum Gasteiger partial charge on any atom is -0.306 e. The molecule has 1 saturated carbocycles. The highest BCUT2D eigenvalue weighted by molar-refractivity contribution is 6.32. The molecule has 0 N–H and O–H groups in total. The number of allylic oxidation sites excluding steroid dienone is 4. The smallest absolute Gasteiger partial charge is 0.162 e. The Hall–Kier alpha value is -2.22. The minimum absolute atomic E-state index is 0.0967. The van der Waals surface area contributed by atoms with E-state index in [1.807, 2.05) is 42.5 Å². The molecule has 0 aliphatic heterocycles. The normalized spacial score (nSPS) is 18.9. The summed E-state index contributed by atoms with van der Waals surface area (Å²) in [4.78, 5) is 23.9. The summed E-state index contributed by atoms with van der Waals surface area (Å²) in [6.45, 7) is 8.92. The van der Waals surface area contributed by atoms with Crippen molar-refractivity contribution >= 4 is 23.7 Å². The van der Waals surface area contributed by atoms with Crippen LogP contribution in [0.15, 0.2) is 53.1 Å². The van der Waals surface area contributed by atoms with Crippen molar-refractivity contribution in [3.05, 3.63) is 58.7 Å². The molecule has 1 atom stereocenters. The van der Waals surface area contributed by atoms with Gasteiger partial charge >= 0.3 is 0 Å². The Labute approximate surface area is 243 Å². The number of unbranched alkanes of at least 4 members (excludes halogenated alkanes) is 2. The molecule has 216 valence electrons. The summed E-state index contributed by atoms with van der Waals surface area (Å²) in [6, 6.07) is 11.4. The highest BCUT2D eigenvalue weighted by Gasteiger charge is 2.26. The number of nitriles is 1. The van der Waals surface area contributed by atoms with E-state index in [0.717, 1.165) is 56.5 Å². The van der Waals surface area contributed by atoms with Gasteiger partial charge in [0.1, 0.15) is 12.4 Å². The Kier molecular flexibility index (Phi) is 18.4. The van der Waals surface area contributed by atoms with E-state index in [9.17, 15) is 9.59 Å². The van der Waals surface area contributed by atoms with Crippen LogP contribution in [0.1, 0.15) is 115 Å². The number of aldehydes is 1. The summed E-state index contributed by atoms with van der Waals surface area (Å²) in [5.41, 5.74) is 1.48. The van der Waals surface area contributed by atoms with Crippen LogP contribution in [0.2, 0.25) is 0 Å². The second kappa shape index (κ2) is 20.7. The van der Waals surface area contributed by atoms with Gasteiger partial charge in [0.25, 0.3) is 0 Å². The van der Waals surface area contributed by atoms with Gasteiger partial charge in [0.05, 0.1) is 10.6 Å². The lowest BCUT2D eigenvalue weighted by Crippen LogP contribution is -2.26. The van der Waals surface area contributed by atoms with E-state index in [4.69, 9.17) is 16.9 Å². The number of Topliss-reactive ketones (excluding diaryl/α,β-unsaturated/α-hetero) is 1. The molecule has 1 unspecified atom stereocenters. The molecule has 0 radical (unpaired) electrons. The molecule has 1 aromatic carbocycles. The maximum atomic E-state index is 11.5. The Morgan fingerprint density at radius 1 is 1.13 bits per heavy atom. The zero-order valence-electron chi connectivity index (χ0n) is 24.9. The number of carbonyl (C=O) groups excluding carboxylic acids is 2. The van der Waals surface area contributed by atoms with Crippen LogP contribution in [0.25, 0.3) is 0 Å². The number of benzene rings is 1. The molecule has 39 heavy (non-hydrogen) atoms. The fourth-order valence-corrected chi connectivity index (χ4v) is 5.35. The van der Waals surface area contributed by atoms with Crippen molar-refractivity contribution in [1.82, 2.24) is 4.90 Å². The van der Waals surface area contributed by atoms with Crippen molar-refractivity contribution < 1.29 is 9.59 Å². The highest BCUT2D eigenvalue weighted by Crippen LogP contribution is 2.37. The molecule has 4 nitrogen and oxygen atoms in total. The molecular weight excluding hydrogens is 504 g/mol. The van der Waals surface area contributed by atoms with E-state index in [1.165, 1.54) is 44.9 Å².